The minimum atomic E-state index is -0.630. The van der Waals surface area contributed by atoms with Crippen LogP contribution in [-0.2, 0) is 0 Å². The third-order valence-corrected chi connectivity index (χ3v) is 3.06. The SMILES string of the molecule is COc1c(I)cccc1-c1n[nH]nc1C(N)=O. The summed E-state index contributed by atoms with van der Waals surface area (Å²) in [6.07, 6.45) is 0. The summed E-state index contributed by atoms with van der Waals surface area (Å²) in [7, 11) is 1.56. The van der Waals surface area contributed by atoms with Crippen LogP contribution in [0.5, 0.6) is 5.75 Å². The fraction of sp³-hybridized carbons (Fsp3) is 0.100. The van der Waals surface area contributed by atoms with E-state index in [2.05, 4.69) is 38.0 Å². The number of H-pyrrole nitrogens is 1. The lowest BCUT2D eigenvalue weighted by Gasteiger charge is -2.08. The van der Waals surface area contributed by atoms with Crippen LogP contribution in [0.25, 0.3) is 11.3 Å². The zero-order chi connectivity index (χ0) is 12.4. The number of nitrogens with zero attached hydrogens (tertiary/aromatic N) is 2. The summed E-state index contributed by atoms with van der Waals surface area (Å²) >= 11 is 2.14. The van der Waals surface area contributed by atoms with Crippen molar-refractivity contribution in [3.63, 3.8) is 0 Å². The van der Waals surface area contributed by atoms with E-state index in [4.69, 9.17) is 10.5 Å². The Bertz CT molecular complexity index is 567. The number of aromatic nitrogens is 3. The number of hydrogen-bond acceptors (Lipinski definition) is 4. The summed E-state index contributed by atoms with van der Waals surface area (Å²) in [6.45, 7) is 0. The average Bonchev–Trinajstić information content (AvgIpc) is 2.77. The summed E-state index contributed by atoms with van der Waals surface area (Å²) < 4.78 is 6.21. The second-order valence-corrected chi connectivity index (χ2v) is 4.37. The van der Waals surface area contributed by atoms with E-state index in [0.29, 0.717) is 17.0 Å². The number of methoxy groups -OCH3 is 1. The molecule has 88 valence electrons. The maximum atomic E-state index is 11.2. The maximum absolute atomic E-state index is 11.2. The van der Waals surface area contributed by atoms with Gasteiger partial charge in [-0.25, -0.2) is 0 Å². The van der Waals surface area contributed by atoms with E-state index in [1.165, 1.54) is 0 Å². The zero-order valence-electron chi connectivity index (χ0n) is 8.90. The molecule has 1 amide bonds. The molecule has 0 spiro atoms. The maximum Gasteiger partial charge on any atom is 0.271 e. The average molecular weight is 344 g/mol. The van der Waals surface area contributed by atoms with Crippen molar-refractivity contribution < 1.29 is 9.53 Å². The predicted octanol–water partition coefficient (Wildman–Crippen LogP) is 1.18. The molecule has 3 N–H and O–H groups in total. The molecule has 0 atom stereocenters. The van der Waals surface area contributed by atoms with Crippen LogP contribution in [0.3, 0.4) is 0 Å². The number of nitrogens with two attached hydrogens (primary N) is 1. The molecule has 0 saturated carbocycles. The largest absolute Gasteiger partial charge is 0.495 e. The molecular weight excluding hydrogens is 335 g/mol. The monoisotopic (exact) mass is 344 g/mol. The van der Waals surface area contributed by atoms with Gasteiger partial charge in [-0.05, 0) is 34.7 Å². The van der Waals surface area contributed by atoms with Gasteiger partial charge < -0.3 is 10.5 Å². The van der Waals surface area contributed by atoms with Crippen LogP contribution in [0.1, 0.15) is 10.5 Å². The van der Waals surface area contributed by atoms with E-state index in [1.807, 2.05) is 12.1 Å². The minimum Gasteiger partial charge on any atom is -0.495 e. The first-order valence-electron chi connectivity index (χ1n) is 4.68. The fourth-order valence-corrected chi connectivity index (χ4v) is 2.21. The standard InChI is InChI=1S/C10H9IN4O2/c1-17-9-5(3-2-4-6(9)11)7-8(10(12)16)14-15-13-7/h2-4H,1H3,(H2,12,16)(H,13,14,15). The van der Waals surface area contributed by atoms with Crippen molar-refractivity contribution in [2.45, 2.75) is 0 Å². The van der Waals surface area contributed by atoms with Crippen LogP contribution in [-0.4, -0.2) is 28.4 Å². The van der Waals surface area contributed by atoms with E-state index < -0.39 is 5.91 Å². The van der Waals surface area contributed by atoms with E-state index in [1.54, 1.807) is 13.2 Å². The molecular formula is C10H9IN4O2. The highest BCUT2D eigenvalue weighted by Crippen LogP contribution is 2.33. The van der Waals surface area contributed by atoms with Gasteiger partial charge in [0.1, 0.15) is 11.4 Å². The van der Waals surface area contributed by atoms with Crippen molar-refractivity contribution in [3.8, 4) is 17.0 Å². The van der Waals surface area contributed by atoms with Crippen molar-refractivity contribution in [3.05, 3.63) is 27.5 Å². The molecule has 1 aromatic heterocycles. The number of nitrogens with one attached hydrogen (secondary N) is 1. The van der Waals surface area contributed by atoms with Crippen molar-refractivity contribution in [2.24, 2.45) is 5.73 Å². The molecule has 17 heavy (non-hydrogen) atoms. The number of aromatic amines is 1. The number of benzene rings is 1. The van der Waals surface area contributed by atoms with Gasteiger partial charge in [0.15, 0.2) is 5.69 Å². The molecule has 0 bridgehead atoms. The van der Waals surface area contributed by atoms with Gasteiger partial charge in [0.05, 0.1) is 10.7 Å². The van der Waals surface area contributed by atoms with Gasteiger partial charge in [0, 0.05) is 5.56 Å². The lowest BCUT2D eigenvalue weighted by molar-refractivity contribution is 0.0996. The summed E-state index contributed by atoms with van der Waals surface area (Å²) in [4.78, 5) is 11.2. The molecule has 0 radical (unpaired) electrons. The molecule has 0 fully saturated rings. The Labute approximate surface area is 111 Å². The zero-order valence-corrected chi connectivity index (χ0v) is 11.1. The molecule has 0 saturated heterocycles. The predicted molar refractivity (Wildman–Crippen MR) is 69.6 cm³/mol. The number of halogens is 1. The number of hydrogen-bond donors (Lipinski definition) is 2. The number of amides is 1. The van der Waals surface area contributed by atoms with Crippen molar-refractivity contribution in [1.82, 2.24) is 15.4 Å². The Kier molecular flexibility index (Phi) is 3.27. The number of rotatable bonds is 3. The van der Waals surface area contributed by atoms with Crippen molar-refractivity contribution in [1.29, 1.82) is 0 Å². The summed E-state index contributed by atoms with van der Waals surface area (Å²) in [6, 6.07) is 5.54. The third kappa shape index (κ3) is 2.09. The van der Waals surface area contributed by atoms with Gasteiger partial charge in [-0.15, -0.1) is 0 Å². The van der Waals surface area contributed by atoms with Crippen LogP contribution < -0.4 is 10.5 Å². The van der Waals surface area contributed by atoms with Crippen molar-refractivity contribution in [2.75, 3.05) is 7.11 Å². The van der Waals surface area contributed by atoms with Gasteiger partial charge >= 0.3 is 0 Å². The van der Waals surface area contributed by atoms with E-state index in [9.17, 15) is 4.79 Å². The second kappa shape index (κ2) is 4.70. The van der Waals surface area contributed by atoms with Crippen molar-refractivity contribution >= 4 is 28.5 Å². The molecule has 0 aliphatic carbocycles. The number of ether oxygens (including phenoxy) is 1. The normalized spacial score (nSPS) is 10.2. The Morgan fingerprint density at radius 2 is 2.24 bits per heavy atom. The highest BCUT2D eigenvalue weighted by Gasteiger charge is 2.19. The first-order valence-corrected chi connectivity index (χ1v) is 5.76. The highest BCUT2D eigenvalue weighted by atomic mass is 127. The van der Waals surface area contributed by atoms with Gasteiger partial charge in [-0.3, -0.25) is 4.79 Å². The molecule has 1 heterocycles. The van der Waals surface area contributed by atoms with E-state index in [0.717, 1.165) is 3.57 Å². The molecule has 0 aliphatic heterocycles. The molecule has 1 aromatic carbocycles. The van der Waals surface area contributed by atoms with Gasteiger partial charge in [0.2, 0.25) is 0 Å². The van der Waals surface area contributed by atoms with Gasteiger partial charge in [0.25, 0.3) is 5.91 Å². The highest BCUT2D eigenvalue weighted by molar-refractivity contribution is 14.1. The lowest BCUT2D eigenvalue weighted by atomic mass is 10.1. The first kappa shape index (κ1) is 11.8. The quantitative estimate of drug-likeness (QED) is 0.818. The molecule has 2 aromatic rings. The van der Waals surface area contributed by atoms with Crippen LogP contribution in [0.15, 0.2) is 18.2 Å². The topological polar surface area (TPSA) is 93.9 Å². The summed E-state index contributed by atoms with van der Waals surface area (Å²) in [5.74, 6) is 0.0131. The van der Waals surface area contributed by atoms with Crippen LogP contribution in [0, 0.1) is 3.57 Å². The Morgan fingerprint density at radius 3 is 2.88 bits per heavy atom. The number of carbonyl (C=O) groups excluding carboxylic acids is 1. The third-order valence-electron chi connectivity index (χ3n) is 2.21. The number of carbonyl (C=O) groups is 1. The fourth-order valence-electron chi connectivity index (χ4n) is 1.49. The Balaban J connectivity index is 2.64. The van der Waals surface area contributed by atoms with Crippen LogP contribution >= 0.6 is 22.6 Å². The van der Waals surface area contributed by atoms with E-state index >= 15 is 0 Å². The molecule has 0 aliphatic rings. The first-order chi connectivity index (χ1) is 8.15. The number of para-hydroxylation sites is 1. The molecule has 7 heteroatoms. The molecule has 0 unspecified atom stereocenters. The van der Waals surface area contributed by atoms with Gasteiger partial charge in [-0.2, -0.15) is 15.4 Å². The Morgan fingerprint density at radius 1 is 1.47 bits per heavy atom. The smallest absolute Gasteiger partial charge is 0.271 e. The van der Waals surface area contributed by atoms with Crippen LogP contribution in [0.2, 0.25) is 0 Å². The molecule has 6 nitrogen and oxygen atoms in total. The number of primary amides is 1. The summed E-state index contributed by atoms with van der Waals surface area (Å²) in [5.41, 5.74) is 6.40. The summed E-state index contributed by atoms with van der Waals surface area (Å²) in [5, 5.41) is 10.1. The molecule has 2 rings (SSSR count). The van der Waals surface area contributed by atoms with Crippen LogP contribution in [0.4, 0.5) is 0 Å². The minimum absolute atomic E-state index is 0.102. The van der Waals surface area contributed by atoms with Gasteiger partial charge in [-0.1, -0.05) is 6.07 Å². The Hall–Kier alpha value is -1.64. The second-order valence-electron chi connectivity index (χ2n) is 3.21. The van der Waals surface area contributed by atoms with E-state index in [-0.39, 0.29) is 5.69 Å². The lowest BCUT2D eigenvalue weighted by Crippen LogP contribution is -2.13.